The van der Waals surface area contributed by atoms with Gasteiger partial charge in [-0.25, -0.2) is 0 Å². The van der Waals surface area contributed by atoms with Crippen molar-refractivity contribution >= 4 is 38.9 Å². The Balaban J connectivity index is 1.98. The van der Waals surface area contributed by atoms with Crippen LogP contribution in [-0.4, -0.2) is 5.11 Å². The number of aryl methyl sites for hydroxylation is 1. The monoisotopic (exact) mass is 348 g/mol. The number of hydrogen-bond acceptors (Lipinski definition) is 1. The van der Waals surface area contributed by atoms with E-state index in [0.717, 1.165) is 10.2 Å². The first-order valence-corrected chi connectivity index (χ1v) is 7.65. The van der Waals surface area contributed by atoms with Gasteiger partial charge < -0.3 is 10.6 Å². The molecule has 2 nitrogen and oxygen atoms in total. The van der Waals surface area contributed by atoms with Crippen LogP contribution in [0.1, 0.15) is 24.1 Å². The molecule has 0 aliphatic rings. The molecule has 1 atom stereocenters. The fraction of sp³-hybridized carbons (Fsp3) is 0.188. The highest BCUT2D eigenvalue weighted by atomic mass is 79.9. The number of anilines is 1. The zero-order valence-electron chi connectivity index (χ0n) is 11.5. The molecule has 104 valence electrons. The van der Waals surface area contributed by atoms with Crippen LogP contribution < -0.4 is 10.6 Å². The Hall–Kier alpha value is -1.39. The first-order valence-electron chi connectivity index (χ1n) is 6.45. The van der Waals surface area contributed by atoms with Gasteiger partial charge in [0.25, 0.3) is 0 Å². The minimum atomic E-state index is 0.173. The summed E-state index contributed by atoms with van der Waals surface area (Å²) in [6.07, 6.45) is 0. The Morgan fingerprint density at radius 1 is 1.10 bits per heavy atom. The number of rotatable bonds is 3. The van der Waals surface area contributed by atoms with Gasteiger partial charge in [0.1, 0.15) is 0 Å². The van der Waals surface area contributed by atoms with E-state index in [9.17, 15) is 0 Å². The Kier molecular flexibility index (Phi) is 5.15. The molecule has 0 radical (unpaired) electrons. The van der Waals surface area contributed by atoms with Crippen LogP contribution >= 0.6 is 28.1 Å². The molecule has 2 rings (SSSR count). The summed E-state index contributed by atoms with van der Waals surface area (Å²) >= 11 is 8.77. The lowest BCUT2D eigenvalue weighted by molar-refractivity contribution is 0.717. The third kappa shape index (κ3) is 4.05. The second kappa shape index (κ2) is 6.86. The van der Waals surface area contributed by atoms with Crippen LogP contribution in [0.4, 0.5) is 5.69 Å². The van der Waals surface area contributed by atoms with Crippen molar-refractivity contribution in [1.82, 2.24) is 5.32 Å². The maximum Gasteiger partial charge on any atom is 0.171 e. The predicted octanol–water partition coefficient (Wildman–Crippen LogP) is 4.81. The molecule has 0 amide bonds. The smallest absolute Gasteiger partial charge is 0.171 e. The Morgan fingerprint density at radius 2 is 1.75 bits per heavy atom. The molecule has 4 heteroatoms. The van der Waals surface area contributed by atoms with Crippen LogP contribution in [0.2, 0.25) is 0 Å². The Bertz CT molecular complexity index is 596. The van der Waals surface area contributed by atoms with E-state index in [4.69, 9.17) is 12.2 Å². The molecule has 0 saturated heterocycles. The van der Waals surface area contributed by atoms with Gasteiger partial charge in [-0.05, 0) is 61.5 Å². The fourth-order valence-corrected chi connectivity index (χ4v) is 2.61. The van der Waals surface area contributed by atoms with E-state index in [1.165, 1.54) is 11.1 Å². The predicted molar refractivity (Wildman–Crippen MR) is 93.1 cm³/mol. The van der Waals surface area contributed by atoms with Crippen LogP contribution in [0.5, 0.6) is 0 Å². The lowest BCUT2D eigenvalue weighted by Crippen LogP contribution is -2.31. The second-order valence-electron chi connectivity index (χ2n) is 4.68. The quantitative estimate of drug-likeness (QED) is 0.778. The van der Waals surface area contributed by atoms with E-state index < -0.39 is 0 Å². The second-order valence-corrected chi connectivity index (χ2v) is 6.01. The van der Waals surface area contributed by atoms with E-state index in [1.807, 2.05) is 36.4 Å². The van der Waals surface area contributed by atoms with Gasteiger partial charge in [0, 0.05) is 10.2 Å². The summed E-state index contributed by atoms with van der Waals surface area (Å²) < 4.78 is 1.05. The standard InChI is InChI=1S/C16H17BrN2S/c1-11-5-3-4-6-15(11)12(2)18-16(20)19-14-9-7-13(17)8-10-14/h3-10,12H,1-2H3,(H2,18,19,20)/t12-/m0/s1. The van der Waals surface area contributed by atoms with E-state index in [-0.39, 0.29) is 6.04 Å². The number of benzene rings is 2. The fourth-order valence-electron chi connectivity index (χ4n) is 2.05. The van der Waals surface area contributed by atoms with Gasteiger partial charge >= 0.3 is 0 Å². The molecular weight excluding hydrogens is 332 g/mol. The Labute approximate surface area is 133 Å². The number of thiocarbonyl (C=S) groups is 1. The summed E-state index contributed by atoms with van der Waals surface area (Å²) in [5.74, 6) is 0. The normalized spacial score (nSPS) is 11.8. The lowest BCUT2D eigenvalue weighted by Gasteiger charge is -2.19. The van der Waals surface area contributed by atoms with Crippen molar-refractivity contribution in [2.45, 2.75) is 19.9 Å². The molecule has 0 fully saturated rings. The molecule has 0 aliphatic carbocycles. The van der Waals surface area contributed by atoms with Crippen molar-refractivity contribution in [3.63, 3.8) is 0 Å². The summed E-state index contributed by atoms with van der Waals surface area (Å²) in [5, 5.41) is 7.13. The molecule has 0 unspecified atom stereocenters. The van der Waals surface area contributed by atoms with E-state index in [1.54, 1.807) is 0 Å². The van der Waals surface area contributed by atoms with E-state index in [2.05, 4.69) is 52.5 Å². The highest BCUT2D eigenvalue weighted by molar-refractivity contribution is 9.10. The van der Waals surface area contributed by atoms with Crippen LogP contribution in [0, 0.1) is 6.92 Å². The minimum Gasteiger partial charge on any atom is -0.356 e. The molecular formula is C16H17BrN2S. The summed E-state index contributed by atoms with van der Waals surface area (Å²) in [6.45, 7) is 4.22. The molecule has 2 N–H and O–H groups in total. The number of nitrogens with one attached hydrogen (secondary N) is 2. The van der Waals surface area contributed by atoms with Crippen molar-refractivity contribution < 1.29 is 0 Å². The van der Waals surface area contributed by atoms with Gasteiger partial charge in [0.15, 0.2) is 5.11 Å². The SMILES string of the molecule is Cc1ccccc1[C@H](C)NC(=S)Nc1ccc(Br)cc1. The van der Waals surface area contributed by atoms with Crippen molar-refractivity contribution in [1.29, 1.82) is 0 Å². The average molecular weight is 349 g/mol. The van der Waals surface area contributed by atoms with Crippen molar-refractivity contribution in [3.05, 3.63) is 64.1 Å². The molecule has 2 aromatic carbocycles. The van der Waals surface area contributed by atoms with Gasteiger partial charge in [-0.3, -0.25) is 0 Å². The number of halogens is 1. The summed E-state index contributed by atoms with van der Waals surface area (Å²) in [7, 11) is 0. The Morgan fingerprint density at radius 3 is 2.40 bits per heavy atom. The zero-order valence-corrected chi connectivity index (χ0v) is 13.9. The van der Waals surface area contributed by atoms with Gasteiger partial charge in [0.05, 0.1) is 6.04 Å². The third-order valence-electron chi connectivity index (χ3n) is 3.10. The summed E-state index contributed by atoms with van der Waals surface area (Å²) in [4.78, 5) is 0. The molecule has 0 heterocycles. The van der Waals surface area contributed by atoms with Crippen molar-refractivity contribution in [2.75, 3.05) is 5.32 Å². The highest BCUT2D eigenvalue weighted by Gasteiger charge is 2.09. The molecule has 0 bridgehead atoms. The summed E-state index contributed by atoms with van der Waals surface area (Å²) in [5.41, 5.74) is 3.49. The third-order valence-corrected chi connectivity index (χ3v) is 3.85. The van der Waals surface area contributed by atoms with Crippen LogP contribution in [0.3, 0.4) is 0 Å². The van der Waals surface area contributed by atoms with Gasteiger partial charge in [-0.15, -0.1) is 0 Å². The van der Waals surface area contributed by atoms with Crippen LogP contribution in [0.25, 0.3) is 0 Å². The average Bonchev–Trinajstić information content (AvgIpc) is 2.41. The summed E-state index contributed by atoms with van der Waals surface area (Å²) in [6, 6.07) is 16.4. The van der Waals surface area contributed by atoms with E-state index in [0.29, 0.717) is 5.11 Å². The molecule has 0 spiro atoms. The maximum atomic E-state index is 5.35. The van der Waals surface area contributed by atoms with Crippen molar-refractivity contribution in [3.8, 4) is 0 Å². The first kappa shape index (κ1) is 15.0. The number of hydrogen-bond donors (Lipinski definition) is 2. The molecule has 2 aromatic rings. The maximum absolute atomic E-state index is 5.35. The largest absolute Gasteiger partial charge is 0.356 e. The molecule has 0 saturated carbocycles. The molecule has 0 aliphatic heterocycles. The van der Waals surface area contributed by atoms with Gasteiger partial charge in [-0.2, -0.15) is 0 Å². The van der Waals surface area contributed by atoms with Gasteiger partial charge in [0.2, 0.25) is 0 Å². The minimum absolute atomic E-state index is 0.173. The zero-order chi connectivity index (χ0) is 14.5. The van der Waals surface area contributed by atoms with Crippen LogP contribution in [-0.2, 0) is 0 Å². The molecule has 20 heavy (non-hydrogen) atoms. The highest BCUT2D eigenvalue weighted by Crippen LogP contribution is 2.17. The van der Waals surface area contributed by atoms with Gasteiger partial charge in [-0.1, -0.05) is 40.2 Å². The van der Waals surface area contributed by atoms with Crippen LogP contribution in [0.15, 0.2) is 53.0 Å². The lowest BCUT2D eigenvalue weighted by atomic mass is 10.0. The van der Waals surface area contributed by atoms with Crippen molar-refractivity contribution in [2.24, 2.45) is 0 Å². The van der Waals surface area contributed by atoms with E-state index >= 15 is 0 Å². The molecule has 0 aromatic heterocycles. The topological polar surface area (TPSA) is 24.1 Å². The first-order chi connectivity index (χ1) is 9.56.